The van der Waals surface area contributed by atoms with Gasteiger partial charge in [0, 0.05) is 23.7 Å². The lowest BCUT2D eigenvalue weighted by atomic mass is 10.0. The van der Waals surface area contributed by atoms with Gasteiger partial charge in [-0.15, -0.1) is 0 Å². The maximum absolute atomic E-state index is 12.4. The van der Waals surface area contributed by atoms with E-state index < -0.39 is 0 Å². The number of fused-ring (bicyclic) bond motifs is 1. The van der Waals surface area contributed by atoms with Crippen LogP contribution in [-0.2, 0) is 11.2 Å². The van der Waals surface area contributed by atoms with E-state index in [4.69, 9.17) is 0 Å². The largest absolute Gasteiger partial charge is 0.309 e. The van der Waals surface area contributed by atoms with E-state index in [9.17, 15) is 9.59 Å². The number of rotatable bonds is 4. The summed E-state index contributed by atoms with van der Waals surface area (Å²) in [6, 6.07) is 5.85. The van der Waals surface area contributed by atoms with Gasteiger partial charge in [0.1, 0.15) is 0 Å². The molecule has 114 valence electrons. The van der Waals surface area contributed by atoms with Crippen LogP contribution in [0.15, 0.2) is 18.2 Å². The Kier molecular flexibility index (Phi) is 4.87. The fraction of sp³-hybridized carbons (Fsp3) is 0.529. The lowest BCUT2D eigenvalue weighted by Crippen LogP contribution is -2.36. The molecule has 1 aliphatic rings. The Morgan fingerprint density at radius 1 is 1.33 bits per heavy atom. The van der Waals surface area contributed by atoms with Crippen LogP contribution in [-0.4, -0.2) is 22.6 Å². The van der Waals surface area contributed by atoms with Crippen LogP contribution in [0.3, 0.4) is 0 Å². The predicted molar refractivity (Wildman–Crippen MR) is 89.3 cm³/mol. The van der Waals surface area contributed by atoms with Crippen LogP contribution in [0.2, 0.25) is 0 Å². The lowest BCUT2D eigenvalue weighted by Gasteiger charge is -2.23. The zero-order valence-corrected chi connectivity index (χ0v) is 14.6. The summed E-state index contributed by atoms with van der Waals surface area (Å²) < 4.78 is 0. The van der Waals surface area contributed by atoms with Gasteiger partial charge in [-0.3, -0.25) is 9.59 Å². The number of hydrogen-bond donors (Lipinski definition) is 0. The van der Waals surface area contributed by atoms with Gasteiger partial charge in [0.2, 0.25) is 5.91 Å². The Morgan fingerprint density at radius 2 is 2.00 bits per heavy atom. The number of anilines is 1. The van der Waals surface area contributed by atoms with Crippen LogP contribution < -0.4 is 4.90 Å². The van der Waals surface area contributed by atoms with Crippen LogP contribution in [0, 0.1) is 5.92 Å². The summed E-state index contributed by atoms with van der Waals surface area (Å²) in [4.78, 5) is 26.2. The molecule has 1 aromatic rings. The molecule has 1 heterocycles. The maximum atomic E-state index is 12.4. The molecule has 2 unspecified atom stereocenters. The number of alkyl halides is 1. The Bertz CT molecular complexity index is 566. The lowest BCUT2D eigenvalue weighted by molar-refractivity contribution is -0.119. The molecule has 1 amide bonds. The molecule has 0 spiro atoms. The zero-order valence-electron chi connectivity index (χ0n) is 13.0. The van der Waals surface area contributed by atoms with E-state index in [1.165, 1.54) is 0 Å². The summed E-state index contributed by atoms with van der Waals surface area (Å²) in [6.07, 6.45) is 1.37. The summed E-state index contributed by atoms with van der Waals surface area (Å²) in [7, 11) is 0. The number of carbonyl (C=O) groups excluding carboxylic acids is 2. The van der Waals surface area contributed by atoms with Crippen molar-refractivity contribution in [2.24, 2.45) is 5.92 Å². The minimum Gasteiger partial charge on any atom is -0.309 e. The second kappa shape index (κ2) is 6.30. The Balaban J connectivity index is 2.30. The highest BCUT2D eigenvalue weighted by atomic mass is 79.9. The number of amides is 1. The Labute approximate surface area is 134 Å². The molecule has 0 saturated carbocycles. The first-order chi connectivity index (χ1) is 9.81. The molecule has 4 heteroatoms. The first-order valence-corrected chi connectivity index (χ1v) is 8.36. The molecule has 0 radical (unpaired) electrons. The molecule has 2 atom stereocenters. The molecular weight excluding hydrogens is 330 g/mol. The van der Waals surface area contributed by atoms with Gasteiger partial charge >= 0.3 is 0 Å². The van der Waals surface area contributed by atoms with Gasteiger partial charge in [-0.25, -0.2) is 0 Å². The number of nitrogens with zero attached hydrogens (tertiary/aromatic N) is 1. The third kappa shape index (κ3) is 3.37. The van der Waals surface area contributed by atoms with Crippen molar-refractivity contribution in [2.45, 2.75) is 51.4 Å². The number of ketones is 1. The second-order valence-corrected chi connectivity index (χ2v) is 7.61. The van der Waals surface area contributed by atoms with Gasteiger partial charge in [0.15, 0.2) is 5.78 Å². The van der Waals surface area contributed by atoms with E-state index >= 15 is 0 Å². The van der Waals surface area contributed by atoms with E-state index in [1.807, 2.05) is 30.0 Å². The van der Waals surface area contributed by atoms with Crippen molar-refractivity contribution in [2.75, 3.05) is 4.90 Å². The van der Waals surface area contributed by atoms with Crippen molar-refractivity contribution in [3.63, 3.8) is 0 Å². The molecule has 0 N–H and O–H groups in total. The average Bonchev–Trinajstić information content (AvgIpc) is 2.71. The molecule has 21 heavy (non-hydrogen) atoms. The highest BCUT2D eigenvalue weighted by Crippen LogP contribution is 2.34. The fourth-order valence-corrected chi connectivity index (χ4v) is 3.11. The zero-order chi connectivity index (χ0) is 15.7. The molecule has 2 rings (SSSR count). The quantitative estimate of drug-likeness (QED) is 0.607. The standard InChI is InChI=1S/C17H22BrNO2/c1-10(2)7-16(20)19-11(3)8-14-9-13(5-6-15(14)19)17(21)12(4)18/h5-6,9-12H,7-8H2,1-4H3. The Morgan fingerprint density at radius 3 is 2.57 bits per heavy atom. The van der Waals surface area contributed by atoms with Crippen LogP contribution in [0.25, 0.3) is 0 Å². The van der Waals surface area contributed by atoms with Crippen molar-refractivity contribution in [3.8, 4) is 0 Å². The summed E-state index contributed by atoms with van der Waals surface area (Å²) in [6.45, 7) is 8.00. The number of carbonyl (C=O) groups is 2. The van der Waals surface area contributed by atoms with E-state index in [0.29, 0.717) is 17.9 Å². The van der Waals surface area contributed by atoms with Crippen molar-refractivity contribution in [1.29, 1.82) is 0 Å². The van der Waals surface area contributed by atoms with E-state index in [0.717, 1.165) is 17.7 Å². The average molecular weight is 352 g/mol. The van der Waals surface area contributed by atoms with Crippen LogP contribution in [0.1, 0.15) is 50.0 Å². The van der Waals surface area contributed by atoms with Crippen molar-refractivity contribution in [3.05, 3.63) is 29.3 Å². The minimum atomic E-state index is -0.187. The van der Waals surface area contributed by atoms with Crippen LogP contribution in [0.4, 0.5) is 5.69 Å². The van der Waals surface area contributed by atoms with Crippen molar-refractivity contribution < 1.29 is 9.59 Å². The number of hydrogen-bond acceptors (Lipinski definition) is 2. The highest BCUT2D eigenvalue weighted by Gasteiger charge is 2.31. The van der Waals surface area contributed by atoms with Gasteiger partial charge in [-0.05, 0) is 49.9 Å². The summed E-state index contributed by atoms with van der Waals surface area (Å²) in [5.74, 6) is 0.602. The molecule has 3 nitrogen and oxygen atoms in total. The number of halogens is 1. The first kappa shape index (κ1) is 16.2. The number of Topliss-reactive ketones (excluding diaryl/α,β-unsaturated/α-hetero) is 1. The van der Waals surface area contributed by atoms with Crippen molar-refractivity contribution >= 4 is 33.3 Å². The molecule has 1 aromatic carbocycles. The van der Waals surface area contributed by atoms with E-state index in [1.54, 1.807) is 0 Å². The normalized spacial score (nSPS) is 18.8. The molecule has 0 bridgehead atoms. The highest BCUT2D eigenvalue weighted by molar-refractivity contribution is 9.10. The number of benzene rings is 1. The minimum absolute atomic E-state index is 0.0809. The summed E-state index contributed by atoms with van der Waals surface area (Å²) in [5, 5.41) is 0. The Hall–Kier alpha value is -1.16. The summed E-state index contributed by atoms with van der Waals surface area (Å²) >= 11 is 3.32. The van der Waals surface area contributed by atoms with Gasteiger partial charge in [0.25, 0.3) is 0 Å². The molecule has 0 aromatic heterocycles. The molecular formula is C17H22BrNO2. The molecule has 0 saturated heterocycles. The van der Waals surface area contributed by atoms with Gasteiger partial charge in [0.05, 0.1) is 4.83 Å². The molecule has 0 aliphatic carbocycles. The van der Waals surface area contributed by atoms with Crippen LogP contribution >= 0.6 is 15.9 Å². The topological polar surface area (TPSA) is 37.4 Å². The predicted octanol–water partition coefficient (Wildman–Crippen LogP) is 3.98. The maximum Gasteiger partial charge on any atom is 0.227 e. The SMILES string of the molecule is CC(C)CC(=O)N1c2ccc(C(=O)C(C)Br)cc2CC1C. The van der Waals surface area contributed by atoms with Gasteiger partial charge < -0.3 is 4.90 Å². The third-order valence-corrected chi connectivity index (χ3v) is 4.21. The van der Waals surface area contributed by atoms with Crippen LogP contribution in [0.5, 0.6) is 0 Å². The second-order valence-electron chi connectivity index (χ2n) is 6.24. The van der Waals surface area contributed by atoms with Crippen molar-refractivity contribution in [1.82, 2.24) is 0 Å². The summed E-state index contributed by atoms with van der Waals surface area (Å²) in [5.41, 5.74) is 2.77. The smallest absolute Gasteiger partial charge is 0.227 e. The van der Waals surface area contributed by atoms with Gasteiger partial charge in [-0.1, -0.05) is 29.8 Å². The first-order valence-electron chi connectivity index (χ1n) is 7.44. The van der Waals surface area contributed by atoms with Gasteiger partial charge in [-0.2, -0.15) is 0 Å². The van der Waals surface area contributed by atoms with E-state index in [-0.39, 0.29) is 22.6 Å². The molecule has 1 aliphatic heterocycles. The molecule has 0 fully saturated rings. The monoisotopic (exact) mass is 351 g/mol. The van der Waals surface area contributed by atoms with E-state index in [2.05, 4.69) is 36.7 Å². The third-order valence-electron chi connectivity index (χ3n) is 3.79. The fourth-order valence-electron chi connectivity index (χ4n) is 2.84.